The molecule has 0 atom stereocenters. The van der Waals surface area contributed by atoms with Crippen molar-refractivity contribution in [2.24, 2.45) is 0 Å². The summed E-state index contributed by atoms with van der Waals surface area (Å²) in [5, 5.41) is 0. The highest BCUT2D eigenvalue weighted by atomic mass is 16.6. The fourth-order valence-corrected chi connectivity index (χ4v) is 5.18. The molecule has 6 nitrogen and oxygen atoms in total. The van der Waals surface area contributed by atoms with E-state index in [2.05, 4.69) is 19.8 Å². The monoisotopic (exact) mass is 628 g/mol. The summed E-state index contributed by atoms with van der Waals surface area (Å²) >= 11 is 0. The fourth-order valence-electron chi connectivity index (χ4n) is 5.18. The molecule has 0 N–H and O–H groups in total. The first-order chi connectivity index (χ1) is 22.1. The largest absolute Gasteiger partial charge is 0.493 e. The molecular formula is C39H64O6. The molecule has 0 saturated carbocycles. The van der Waals surface area contributed by atoms with Crippen LogP contribution in [0.5, 0.6) is 11.5 Å². The van der Waals surface area contributed by atoms with Crippen LogP contribution >= 0.6 is 0 Å². The number of ether oxygens (including phenoxy) is 4. The van der Waals surface area contributed by atoms with Crippen molar-refractivity contribution in [3.63, 3.8) is 0 Å². The van der Waals surface area contributed by atoms with E-state index in [0.29, 0.717) is 37.6 Å². The SMILES string of the molecule is C#CCCCOC(=O)CC(=O)OCc1cc(OCCCCCCCCCCCC)cc(OCCCCCCCCCCCC)c1. The molecule has 0 radical (unpaired) electrons. The second-order valence-corrected chi connectivity index (χ2v) is 12.2. The average molecular weight is 629 g/mol. The van der Waals surface area contributed by atoms with E-state index in [9.17, 15) is 9.59 Å². The van der Waals surface area contributed by atoms with Gasteiger partial charge in [0.2, 0.25) is 0 Å². The molecule has 1 rings (SSSR count). The van der Waals surface area contributed by atoms with Gasteiger partial charge in [-0.25, -0.2) is 0 Å². The third-order valence-electron chi connectivity index (χ3n) is 7.89. The van der Waals surface area contributed by atoms with E-state index in [1.807, 2.05) is 18.2 Å². The topological polar surface area (TPSA) is 71.1 Å². The van der Waals surface area contributed by atoms with Crippen LogP contribution in [-0.2, 0) is 25.7 Å². The van der Waals surface area contributed by atoms with Crippen LogP contribution in [0.4, 0.5) is 0 Å². The quantitative estimate of drug-likeness (QED) is 0.0353. The first kappa shape index (κ1) is 40.3. The van der Waals surface area contributed by atoms with Crippen LogP contribution < -0.4 is 9.47 Å². The molecular weight excluding hydrogens is 564 g/mol. The van der Waals surface area contributed by atoms with Crippen molar-refractivity contribution in [2.75, 3.05) is 19.8 Å². The predicted octanol–water partition coefficient (Wildman–Crippen LogP) is 10.7. The number of benzene rings is 1. The molecule has 0 fully saturated rings. The van der Waals surface area contributed by atoms with E-state index in [1.54, 1.807) is 0 Å². The Morgan fingerprint density at radius 1 is 0.556 bits per heavy atom. The minimum absolute atomic E-state index is 0.0350. The molecule has 1 aromatic rings. The van der Waals surface area contributed by atoms with E-state index in [0.717, 1.165) is 31.2 Å². The highest BCUT2D eigenvalue weighted by molar-refractivity contribution is 5.91. The van der Waals surface area contributed by atoms with E-state index < -0.39 is 18.4 Å². The zero-order valence-electron chi connectivity index (χ0n) is 28.9. The Kier molecular flexibility index (Phi) is 26.9. The number of rotatable bonds is 31. The van der Waals surface area contributed by atoms with Gasteiger partial charge in [-0.15, -0.1) is 12.3 Å². The molecule has 1 aromatic carbocycles. The second-order valence-electron chi connectivity index (χ2n) is 12.2. The van der Waals surface area contributed by atoms with Crippen LogP contribution in [0, 0.1) is 12.3 Å². The molecule has 0 aliphatic rings. The van der Waals surface area contributed by atoms with Gasteiger partial charge in [0.25, 0.3) is 0 Å². The van der Waals surface area contributed by atoms with Crippen molar-refractivity contribution in [3.05, 3.63) is 23.8 Å². The Labute approximate surface area is 275 Å². The van der Waals surface area contributed by atoms with Gasteiger partial charge in [0.15, 0.2) is 0 Å². The maximum absolute atomic E-state index is 12.2. The maximum Gasteiger partial charge on any atom is 0.317 e. The zero-order chi connectivity index (χ0) is 32.6. The van der Waals surface area contributed by atoms with Crippen molar-refractivity contribution < 1.29 is 28.5 Å². The number of hydrogen-bond acceptors (Lipinski definition) is 6. The maximum atomic E-state index is 12.2. The third-order valence-corrected chi connectivity index (χ3v) is 7.89. The van der Waals surface area contributed by atoms with Gasteiger partial charge in [0.05, 0.1) is 19.8 Å². The highest BCUT2D eigenvalue weighted by Crippen LogP contribution is 2.25. The first-order valence-electron chi connectivity index (χ1n) is 18.2. The lowest BCUT2D eigenvalue weighted by Gasteiger charge is -2.13. The van der Waals surface area contributed by atoms with Crippen LogP contribution in [0.1, 0.15) is 167 Å². The van der Waals surface area contributed by atoms with Crippen LogP contribution in [0.15, 0.2) is 18.2 Å². The summed E-state index contributed by atoms with van der Waals surface area (Å²) in [6.45, 7) is 6.04. The van der Waals surface area contributed by atoms with Crippen LogP contribution in [0.25, 0.3) is 0 Å². The van der Waals surface area contributed by atoms with Gasteiger partial charge in [-0.1, -0.05) is 129 Å². The van der Waals surface area contributed by atoms with Crippen molar-refractivity contribution in [3.8, 4) is 23.8 Å². The normalized spacial score (nSPS) is 10.8. The first-order valence-corrected chi connectivity index (χ1v) is 18.2. The van der Waals surface area contributed by atoms with Crippen molar-refractivity contribution in [1.29, 1.82) is 0 Å². The minimum atomic E-state index is -0.624. The molecule has 0 unspecified atom stereocenters. The number of carbonyl (C=O) groups is 2. The molecule has 0 saturated heterocycles. The lowest BCUT2D eigenvalue weighted by molar-refractivity contribution is -0.155. The van der Waals surface area contributed by atoms with Crippen molar-refractivity contribution in [2.45, 2.75) is 168 Å². The standard InChI is InChI=1S/C39H64O6/c1-4-7-10-12-14-16-18-20-22-25-27-42-36-30-35(34-45-39(41)33-38(40)44-29-24-9-6-3)31-37(32-36)43-28-26-23-21-19-17-15-13-11-8-5-2/h3,30-32H,4-5,7-29,33-34H2,1-2H3. The van der Waals surface area contributed by atoms with E-state index in [1.165, 1.54) is 103 Å². The van der Waals surface area contributed by atoms with Crippen LogP contribution in [-0.4, -0.2) is 31.8 Å². The number of carbonyl (C=O) groups excluding carboxylic acids is 2. The van der Waals surface area contributed by atoms with E-state index >= 15 is 0 Å². The van der Waals surface area contributed by atoms with Gasteiger partial charge in [0, 0.05) is 12.5 Å². The van der Waals surface area contributed by atoms with Crippen LogP contribution in [0.2, 0.25) is 0 Å². The Bertz CT molecular complexity index is 861. The molecule has 45 heavy (non-hydrogen) atoms. The Balaban J connectivity index is 2.47. The zero-order valence-corrected chi connectivity index (χ0v) is 28.9. The van der Waals surface area contributed by atoms with Gasteiger partial charge >= 0.3 is 11.9 Å². The minimum Gasteiger partial charge on any atom is -0.493 e. The summed E-state index contributed by atoms with van der Waals surface area (Å²) < 4.78 is 22.6. The Morgan fingerprint density at radius 2 is 0.978 bits per heavy atom. The lowest BCUT2D eigenvalue weighted by Crippen LogP contribution is -2.14. The third kappa shape index (κ3) is 25.2. The number of esters is 2. The van der Waals surface area contributed by atoms with E-state index in [4.69, 9.17) is 25.4 Å². The summed E-state index contributed by atoms with van der Waals surface area (Å²) in [4.78, 5) is 24.1. The molecule has 0 aliphatic heterocycles. The van der Waals surface area contributed by atoms with E-state index in [-0.39, 0.29) is 13.2 Å². The summed E-state index contributed by atoms with van der Waals surface area (Å²) in [7, 11) is 0. The number of terminal acetylenes is 1. The average Bonchev–Trinajstić information content (AvgIpc) is 3.03. The molecule has 6 heteroatoms. The summed E-state index contributed by atoms with van der Waals surface area (Å²) in [6, 6.07) is 5.69. The van der Waals surface area contributed by atoms with Crippen molar-refractivity contribution >= 4 is 11.9 Å². The summed E-state index contributed by atoms with van der Waals surface area (Å²) in [6.07, 6.45) is 31.4. The molecule has 0 heterocycles. The van der Waals surface area contributed by atoms with Gasteiger partial charge < -0.3 is 18.9 Å². The molecule has 0 aromatic heterocycles. The molecule has 0 amide bonds. The second kappa shape index (κ2) is 30.0. The number of hydrogen-bond donors (Lipinski definition) is 0. The Hall–Kier alpha value is -2.68. The van der Waals surface area contributed by atoms with Crippen molar-refractivity contribution in [1.82, 2.24) is 0 Å². The van der Waals surface area contributed by atoms with Gasteiger partial charge in [-0.2, -0.15) is 0 Å². The fraction of sp³-hybridized carbons (Fsp3) is 0.744. The van der Waals surface area contributed by atoms with Gasteiger partial charge in [-0.3, -0.25) is 9.59 Å². The molecule has 256 valence electrons. The highest BCUT2D eigenvalue weighted by Gasteiger charge is 2.13. The smallest absolute Gasteiger partial charge is 0.317 e. The summed E-state index contributed by atoms with van der Waals surface area (Å²) in [5.74, 6) is 2.69. The molecule has 0 aliphatic carbocycles. The number of unbranched alkanes of at least 4 members (excludes halogenated alkanes) is 19. The predicted molar refractivity (Wildman–Crippen MR) is 185 cm³/mol. The Morgan fingerprint density at radius 3 is 1.42 bits per heavy atom. The van der Waals surface area contributed by atoms with Crippen LogP contribution in [0.3, 0.4) is 0 Å². The molecule has 0 spiro atoms. The lowest BCUT2D eigenvalue weighted by atomic mass is 10.1. The van der Waals surface area contributed by atoms with Gasteiger partial charge in [-0.05, 0) is 37.0 Å². The molecule has 0 bridgehead atoms. The summed E-state index contributed by atoms with van der Waals surface area (Å²) in [5.41, 5.74) is 0.768. The van der Waals surface area contributed by atoms with Gasteiger partial charge in [0.1, 0.15) is 24.5 Å².